The predicted octanol–water partition coefficient (Wildman–Crippen LogP) is 3.23. The highest BCUT2D eigenvalue weighted by molar-refractivity contribution is 7.92. The van der Waals surface area contributed by atoms with Crippen LogP contribution in [0.4, 0.5) is 18.9 Å². The highest BCUT2D eigenvalue weighted by Crippen LogP contribution is 2.34. The van der Waals surface area contributed by atoms with Gasteiger partial charge >= 0.3 is 6.18 Å². The number of halogens is 3. The first-order chi connectivity index (χ1) is 10.8. The van der Waals surface area contributed by atoms with E-state index in [1.807, 2.05) is 0 Å². The molecule has 0 radical (unpaired) electrons. The molecule has 1 aliphatic rings. The lowest BCUT2D eigenvalue weighted by molar-refractivity contribution is -0.137. The normalized spacial score (nSPS) is 13.9. The van der Waals surface area contributed by atoms with Gasteiger partial charge in [-0.3, -0.25) is 4.72 Å². The second kappa shape index (κ2) is 5.34. The van der Waals surface area contributed by atoms with E-state index in [4.69, 9.17) is 9.47 Å². The zero-order valence-corrected chi connectivity index (χ0v) is 12.2. The van der Waals surface area contributed by atoms with Gasteiger partial charge in [0.25, 0.3) is 10.0 Å². The molecule has 1 N–H and O–H groups in total. The van der Waals surface area contributed by atoms with Crippen LogP contribution in [0.3, 0.4) is 0 Å². The van der Waals surface area contributed by atoms with Gasteiger partial charge in [0.1, 0.15) is 0 Å². The zero-order chi connectivity index (χ0) is 16.7. The molecular formula is C14H10F3NO4S. The number of anilines is 1. The summed E-state index contributed by atoms with van der Waals surface area (Å²) in [5, 5.41) is 0. The minimum Gasteiger partial charge on any atom is -0.454 e. The van der Waals surface area contributed by atoms with Gasteiger partial charge in [-0.1, -0.05) is 0 Å². The molecule has 0 fully saturated rings. The van der Waals surface area contributed by atoms with Crippen LogP contribution < -0.4 is 14.2 Å². The molecule has 0 saturated carbocycles. The summed E-state index contributed by atoms with van der Waals surface area (Å²) < 4.78 is 74.4. The monoisotopic (exact) mass is 345 g/mol. The summed E-state index contributed by atoms with van der Waals surface area (Å²) in [4.78, 5) is -0.0818. The van der Waals surface area contributed by atoms with E-state index in [2.05, 4.69) is 4.72 Å². The van der Waals surface area contributed by atoms with Gasteiger partial charge in [-0.25, -0.2) is 8.42 Å². The number of nitrogens with one attached hydrogen (secondary N) is 1. The Labute approximate surface area is 129 Å². The lowest BCUT2D eigenvalue weighted by Gasteiger charge is -2.10. The number of benzene rings is 2. The quantitative estimate of drug-likeness (QED) is 0.928. The Morgan fingerprint density at radius 1 is 0.957 bits per heavy atom. The summed E-state index contributed by atoms with van der Waals surface area (Å²) >= 11 is 0. The molecule has 0 amide bonds. The van der Waals surface area contributed by atoms with Crippen molar-refractivity contribution in [2.24, 2.45) is 0 Å². The van der Waals surface area contributed by atoms with Crippen molar-refractivity contribution in [1.29, 1.82) is 0 Å². The van der Waals surface area contributed by atoms with E-state index in [-0.39, 0.29) is 17.4 Å². The van der Waals surface area contributed by atoms with Gasteiger partial charge in [0.15, 0.2) is 11.5 Å². The Bertz CT molecular complexity index is 832. The van der Waals surface area contributed by atoms with Crippen LogP contribution in [0.5, 0.6) is 11.5 Å². The van der Waals surface area contributed by atoms with Crippen LogP contribution in [0.15, 0.2) is 47.4 Å². The highest BCUT2D eigenvalue weighted by atomic mass is 32.2. The Kier molecular flexibility index (Phi) is 3.59. The third-order valence-corrected chi connectivity index (χ3v) is 4.50. The van der Waals surface area contributed by atoms with Crippen molar-refractivity contribution >= 4 is 15.7 Å². The number of alkyl halides is 3. The van der Waals surface area contributed by atoms with Crippen LogP contribution in [-0.2, 0) is 16.2 Å². The molecule has 2 aromatic carbocycles. The zero-order valence-electron chi connectivity index (χ0n) is 11.4. The Hall–Kier alpha value is -2.42. The molecule has 9 heteroatoms. The summed E-state index contributed by atoms with van der Waals surface area (Å²) in [5.41, 5.74) is -0.834. The lowest BCUT2D eigenvalue weighted by Crippen LogP contribution is -2.13. The van der Waals surface area contributed by atoms with E-state index in [0.29, 0.717) is 11.5 Å². The Morgan fingerprint density at radius 2 is 1.61 bits per heavy atom. The number of hydrogen-bond donors (Lipinski definition) is 1. The van der Waals surface area contributed by atoms with E-state index in [0.717, 1.165) is 24.3 Å². The third kappa shape index (κ3) is 3.19. The number of fused-ring (bicyclic) bond motifs is 1. The summed E-state index contributed by atoms with van der Waals surface area (Å²) in [7, 11) is -3.95. The minimum absolute atomic E-state index is 0.00513. The molecule has 0 bridgehead atoms. The summed E-state index contributed by atoms with van der Waals surface area (Å²) in [5.74, 6) is 0.721. The molecule has 1 aliphatic heterocycles. The van der Waals surface area contributed by atoms with Gasteiger partial charge in [0, 0.05) is 11.8 Å². The molecule has 5 nitrogen and oxygen atoms in total. The van der Waals surface area contributed by atoms with Crippen LogP contribution >= 0.6 is 0 Å². The smallest absolute Gasteiger partial charge is 0.416 e. The van der Waals surface area contributed by atoms with E-state index in [1.165, 1.54) is 18.2 Å². The molecule has 1 heterocycles. The maximum absolute atomic E-state index is 12.5. The van der Waals surface area contributed by atoms with Gasteiger partial charge in [-0.15, -0.1) is 0 Å². The van der Waals surface area contributed by atoms with Crippen LogP contribution in [-0.4, -0.2) is 15.2 Å². The van der Waals surface area contributed by atoms with Crippen LogP contribution in [0, 0.1) is 0 Å². The minimum atomic E-state index is -4.48. The van der Waals surface area contributed by atoms with E-state index >= 15 is 0 Å². The topological polar surface area (TPSA) is 64.6 Å². The van der Waals surface area contributed by atoms with Crippen molar-refractivity contribution in [2.75, 3.05) is 11.5 Å². The van der Waals surface area contributed by atoms with Crippen molar-refractivity contribution in [3.05, 3.63) is 48.0 Å². The van der Waals surface area contributed by atoms with Gasteiger partial charge in [-0.05, 0) is 36.4 Å². The maximum atomic E-state index is 12.5. The van der Waals surface area contributed by atoms with E-state index in [9.17, 15) is 21.6 Å². The van der Waals surface area contributed by atoms with Gasteiger partial charge in [-0.2, -0.15) is 13.2 Å². The lowest BCUT2D eigenvalue weighted by atomic mass is 10.2. The first-order valence-corrected chi connectivity index (χ1v) is 7.84. The standard InChI is InChI=1S/C14H10F3NO4S/c15-14(16,17)9-1-3-10(4-2-9)18-23(19,20)11-5-6-12-13(7-11)22-8-21-12/h1-7,18H,8H2. The first kappa shape index (κ1) is 15.5. The second-order valence-corrected chi connectivity index (χ2v) is 6.38. The number of sulfonamides is 1. The molecule has 0 spiro atoms. The van der Waals surface area contributed by atoms with Crippen molar-refractivity contribution in [3.8, 4) is 11.5 Å². The molecule has 23 heavy (non-hydrogen) atoms. The van der Waals surface area contributed by atoms with Crippen molar-refractivity contribution < 1.29 is 31.1 Å². The fourth-order valence-corrected chi connectivity index (χ4v) is 3.06. The SMILES string of the molecule is O=S(=O)(Nc1ccc(C(F)(F)F)cc1)c1ccc2c(c1)OCO2. The molecule has 3 rings (SSSR count). The highest BCUT2D eigenvalue weighted by Gasteiger charge is 2.30. The number of ether oxygens (including phenoxy) is 2. The third-order valence-electron chi connectivity index (χ3n) is 3.12. The fourth-order valence-electron chi connectivity index (χ4n) is 1.99. The van der Waals surface area contributed by atoms with Crippen LogP contribution in [0.25, 0.3) is 0 Å². The van der Waals surface area contributed by atoms with E-state index in [1.54, 1.807) is 0 Å². The first-order valence-electron chi connectivity index (χ1n) is 6.35. The molecular weight excluding hydrogens is 335 g/mol. The Balaban J connectivity index is 1.84. The largest absolute Gasteiger partial charge is 0.454 e. The van der Waals surface area contributed by atoms with E-state index < -0.39 is 21.8 Å². The van der Waals surface area contributed by atoms with Crippen molar-refractivity contribution in [3.63, 3.8) is 0 Å². The second-order valence-electron chi connectivity index (χ2n) is 4.70. The molecule has 0 atom stereocenters. The summed E-state index contributed by atoms with van der Waals surface area (Å²) in [6.07, 6.45) is -4.48. The molecule has 0 saturated heterocycles. The van der Waals surface area contributed by atoms with Gasteiger partial charge in [0.05, 0.1) is 10.5 Å². The molecule has 0 aliphatic carbocycles. The van der Waals surface area contributed by atoms with Crippen molar-refractivity contribution in [1.82, 2.24) is 0 Å². The maximum Gasteiger partial charge on any atom is 0.416 e. The molecule has 0 unspecified atom stereocenters. The van der Waals surface area contributed by atoms with Gasteiger partial charge < -0.3 is 9.47 Å². The number of rotatable bonds is 3. The van der Waals surface area contributed by atoms with Gasteiger partial charge in [0.2, 0.25) is 6.79 Å². The average molecular weight is 345 g/mol. The van der Waals surface area contributed by atoms with Crippen molar-refractivity contribution in [2.45, 2.75) is 11.1 Å². The number of hydrogen-bond acceptors (Lipinski definition) is 4. The Morgan fingerprint density at radius 3 is 2.26 bits per heavy atom. The average Bonchev–Trinajstić information content (AvgIpc) is 2.93. The fraction of sp³-hybridized carbons (Fsp3) is 0.143. The van der Waals surface area contributed by atoms with Crippen LogP contribution in [0.1, 0.15) is 5.56 Å². The summed E-state index contributed by atoms with van der Waals surface area (Å²) in [6.45, 7) is 0.00513. The summed E-state index contributed by atoms with van der Waals surface area (Å²) in [6, 6.07) is 7.76. The predicted molar refractivity (Wildman–Crippen MR) is 74.8 cm³/mol. The molecule has 2 aromatic rings. The molecule has 0 aromatic heterocycles. The molecule has 122 valence electrons. The van der Waals surface area contributed by atoms with Crippen LogP contribution in [0.2, 0.25) is 0 Å².